The van der Waals surface area contributed by atoms with E-state index >= 15 is 0 Å². The number of rotatable bonds is 5. The number of hydrogen-bond acceptors (Lipinski definition) is 4. The normalized spacial score (nSPS) is 10.8. The summed E-state index contributed by atoms with van der Waals surface area (Å²) in [6, 6.07) is 10.4. The van der Waals surface area contributed by atoms with E-state index in [1.165, 1.54) is 26.0 Å². The van der Waals surface area contributed by atoms with Crippen LogP contribution in [-0.2, 0) is 11.2 Å². The zero-order chi connectivity index (χ0) is 20.4. The number of benzene rings is 2. The number of nitrogens with zero attached hydrogens (tertiary/aromatic N) is 1. The summed E-state index contributed by atoms with van der Waals surface area (Å²) in [5.74, 6) is -2.19. The predicted molar refractivity (Wildman–Crippen MR) is 102 cm³/mol. The SMILES string of the molecule is CC(=O)NCCc1ccc(C(=O)c2c(O)n(C(C)=O)c3cc(F)ccc23)cc1. The minimum Gasteiger partial charge on any atom is -0.494 e. The van der Waals surface area contributed by atoms with Gasteiger partial charge in [0, 0.05) is 31.3 Å². The second-order valence-electron chi connectivity index (χ2n) is 6.47. The van der Waals surface area contributed by atoms with E-state index in [2.05, 4.69) is 5.32 Å². The van der Waals surface area contributed by atoms with Crippen LogP contribution in [0.1, 0.15) is 40.1 Å². The average Bonchev–Trinajstić information content (AvgIpc) is 2.92. The fourth-order valence-corrected chi connectivity index (χ4v) is 3.14. The van der Waals surface area contributed by atoms with Crippen molar-refractivity contribution < 1.29 is 23.9 Å². The van der Waals surface area contributed by atoms with Crippen LogP contribution in [0.5, 0.6) is 5.88 Å². The van der Waals surface area contributed by atoms with Gasteiger partial charge in [-0.05, 0) is 30.2 Å². The number of aromatic nitrogens is 1. The van der Waals surface area contributed by atoms with E-state index in [1.807, 2.05) is 0 Å². The molecule has 1 aromatic heterocycles. The van der Waals surface area contributed by atoms with Crippen molar-refractivity contribution in [2.24, 2.45) is 0 Å². The van der Waals surface area contributed by atoms with Gasteiger partial charge in [0.1, 0.15) is 5.82 Å². The van der Waals surface area contributed by atoms with Crippen LogP contribution in [0, 0.1) is 5.82 Å². The molecular formula is C21H19FN2O4. The van der Waals surface area contributed by atoms with E-state index in [0.717, 1.165) is 16.2 Å². The highest BCUT2D eigenvalue weighted by Gasteiger charge is 2.25. The fraction of sp³-hybridized carbons (Fsp3) is 0.190. The number of aromatic hydroxyl groups is 1. The van der Waals surface area contributed by atoms with Crippen molar-refractivity contribution in [3.05, 3.63) is 65.0 Å². The quantitative estimate of drug-likeness (QED) is 0.664. The molecule has 3 rings (SSSR count). The molecule has 0 aliphatic carbocycles. The maximum atomic E-state index is 13.6. The molecule has 0 atom stereocenters. The first-order valence-corrected chi connectivity index (χ1v) is 8.71. The van der Waals surface area contributed by atoms with Crippen LogP contribution < -0.4 is 5.32 Å². The van der Waals surface area contributed by atoms with E-state index < -0.39 is 23.4 Å². The Hall–Kier alpha value is -3.48. The van der Waals surface area contributed by atoms with Gasteiger partial charge in [-0.15, -0.1) is 0 Å². The van der Waals surface area contributed by atoms with Crippen molar-refractivity contribution in [1.29, 1.82) is 0 Å². The third kappa shape index (κ3) is 3.64. The molecule has 0 saturated carbocycles. The lowest BCUT2D eigenvalue weighted by Gasteiger charge is -2.05. The van der Waals surface area contributed by atoms with Crippen LogP contribution in [0.2, 0.25) is 0 Å². The van der Waals surface area contributed by atoms with E-state index in [9.17, 15) is 23.9 Å². The van der Waals surface area contributed by atoms with Crippen molar-refractivity contribution in [2.45, 2.75) is 20.3 Å². The summed E-state index contributed by atoms with van der Waals surface area (Å²) in [5, 5.41) is 13.5. The third-order valence-corrected chi connectivity index (χ3v) is 4.45. The maximum Gasteiger partial charge on any atom is 0.230 e. The molecule has 3 aromatic rings. The minimum atomic E-state index is -0.574. The first-order valence-electron chi connectivity index (χ1n) is 8.71. The van der Waals surface area contributed by atoms with Gasteiger partial charge in [-0.25, -0.2) is 8.96 Å². The van der Waals surface area contributed by atoms with Gasteiger partial charge in [-0.1, -0.05) is 24.3 Å². The van der Waals surface area contributed by atoms with Gasteiger partial charge in [0.15, 0.2) is 5.78 Å². The van der Waals surface area contributed by atoms with E-state index in [1.54, 1.807) is 24.3 Å². The molecule has 0 aliphatic heterocycles. The number of ketones is 1. The molecule has 2 N–H and O–H groups in total. The number of amides is 1. The highest BCUT2D eigenvalue weighted by atomic mass is 19.1. The topological polar surface area (TPSA) is 88.4 Å². The first-order chi connectivity index (χ1) is 13.3. The largest absolute Gasteiger partial charge is 0.494 e. The van der Waals surface area contributed by atoms with Gasteiger partial charge in [0.05, 0.1) is 11.1 Å². The molecule has 144 valence electrons. The highest BCUT2D eigenvalue weighted by molar-refractivity contribution is 6.19. The summed E-state index contributed by atoms with van der Waals surface area (Å²) in [6.07, 6.45) is 0.613. The Labute approximate surface area is 160 Å². The lowest BCUT2D eigenvalue weighted by atomic mass is 10.0. The van der Waals surface area contributed by atoms with Crippen LogP contribution in [0.4, 0.5) is 4.39 Å². The van der Waals surface area contributed by atoms with Gasteiger partial charge < -0.3 is 10.4 Å². The molecule has 7 heteroatoms. The monoisotopic (exact) mass is 382 g/mol. The number of fused-ring (bicyclic) bond motifs is 1. The molecule has 0 saturated heterocycles. The number of carbonyl (C=O) groups is 3. The number of halogens is 1. The van der Waals surface area contributed by atoms with Crippen molar-refractivity contribution in [3.8, 4) is 5.88 Å². The average molecular weight is 382 g/mol. The van der Waals surface area contributed by atoms with Gasteiger partial charge >= 0.3 is 0 Å². The number of hydrogen-bond donors (Lipinski definition) is 2. The standard InChI is InChI=1S/C21H19FN2O4/c1-12(25)23-10-9-14-3-5-15(6-4-14)20(27)19-17-8-7-16(22)11-18(17)24(13(2)26)21(19)28/h3-8,11,28H,9-10H2,1-2H3,(H,23,25). The number of carbonyl (C=O) groups excluding carboxylic acids is 3. The Morgan fingerprint density at radius 1 is 1.07 bits per heavy atom. The van der Waals surface area contributed by atoms with Gasteiger partial charge in [0.25, 0.3) is 0 Å². The van der Waals surface area contributed by atoms with Crippen LogP contribution in [-0.4, -0.2) is 33.8 Å². The van der Waals surface area contributed by atoms with Crippen molar-refractivity contribution in [1.82, 2.24) is 9.88 Å². The van der Waals surface area contributed by atoms with Crippen LogP contribution in [0.25, 0.3) is 10.9 Å². The van der Waals surface area contributed by atoms with Crippen molar-refractivity contribution >= 4 is 28.5 Å². The van der Waals surface area contributed by atoms with Crippen molar-refractivity contribution in [2.75, 3.05) is 6.54 Å². The lowest BCUT2D eigenvalue weighted by Crippen LogP contribution is -2.22. The van der Waals surface area contributed by atoms with E-state index in [4.69, 9.17) is 0 Å². The zero-order valence-electron chi connectivity index (χ0n) is 15.5. The van der Waals surface area contributed by atoms with Crippen LogP contribution >= 0.6 is 0 Å². The minimum absolute atomic E-state index is 0.0452. The lowest BCUT2D eigenvalue weighted by molar-refractivity contribution is -0.118. The molecule has 0 radical (unpaired) electrons. The fourth-order valence-electron chi connectivity index (χ4n) is 3.14. The zero-order valence-corrected chi connectivity index (χ0v) is 15.5. The molecule has 0 fully saturated rings. The van der Waals surface area contributed by atoms with Gasteiger partial charge in [-0.2, -0.15) is 0 Å². The second-order valence-corrected chi connectivity index (χ2v) is 6.47. The summed E-state index contributed by atoms with van der Waals surface area (Å²) in [4.78, 5) is 35.8. The van der Waals surface area contributed by atoms with Crippen LogP contribution in [0.3, 0.4) is 0 Å². The molecule has 6 nitrogen and oxygen atoms in total. The van der Waals surface area contributed by atoms with Crippen LogP contribution in [0.15, 0.2) is 42.5 Å². The first kappa shape index (κ1) is 19.3. The second kappa shape index (κ2) is 7.64. The molecule has 1 amide bonds. The molecule has 1 heterocycles. The summed E-state index contributed by atoms with van der Waals surface area (Å²) in [5.41, 5.74) is 1.35. The van der Waals surface area contributed by atoms with E-state index in [-0.39, 0.29) is 17.0 Å². The van der Waals surface area contributed by atoms with Gasteiger partial charge in [0.2, 0.25) is 17.7 Å². The smallest absolute Gasteiger partial charge is 0.230 e. The summed E-state index contributed by atoms with van der Waals surface area (Å²) >= 11 is 0. The maximum absolute atomic E-state index is 13.6. The Balaban J connectivity index is 1.96. The summed E-state index contributed by atoms with van der Waals surface area (Å²) in [6.45, 7) is 3.15. The van der Waals surface area contributed by atoms with E-state index in [0.29, 0.717) is 23.9 Å². The Morgan fingerprint density at radius 2 is 1.75 bits per heavy atom. The molecule has 0 spiro atoms. The molecular weight excluding hydrogens is 363 g/mol. The third-order valence-electron chi connectivity index (χ3n) is 4.45. The highest BCUT2D eigenvalue weighted by Crippen LogP contribution is 2.33. The summed E-state index contributed by atoms with van der Waals surface area (Å²) in [7, 11) is 0. The molecule has 0 aliphatic rings. The van der Waals surface area contributed by atoms with Crippen molar-refractivity contribution in [3.63, 3.8) is 0 Å². The molecule has 0 bridgehead atoms. The predicted octanol–water partition coefficient (Wildman–Crippen LogP) is 3.06. The Morgan fingerprint density at radius 3 is 2.36 bits per heavy atom. The Kier molecular flexibility index (Phi) is 5.26. The molecule has 2 aromatic carbocycles. The Bertz CT molecular complexity index is 1080. The molecule has 0 unspecified atom stereocenters. The number of nitrogens with one attached hydrogen (secondary N) is 1. The van der Waals surface area contributed by atoms with Gasteiger partial charge in [-0.3, -0.25) is 14.4 Å². The summed E-state index contributed by atoms with van der Waals surface area (Å²) < 4.78 is 14.5. The molecule has 28 heavy (non-hydrogen) atoms.